The summed E-state index contributed by atoms with van der Waals surface area (Å²) in [4.78, 5) is 13.1. The summed E-state index contributed by atoms with van der Waals surface area (Å²) >= 11 is 0. The first-order chi connectivity index (χ1) is 9.63. The lowest BCUT2D eigenvalue weighted by atomic mass is 10.2. The van der Waals surface area contributed by atoms with Gasteiger partial charge in [0.05, 0.1) is 19.0 Å². The van der Waals surface area contributed by atoms with Gasteiger partial charge >= 0.3 is 0 Å². The number of anilines is 2. The lowest BCUT2D eigenvalue weighted by molar-refractivity contribution is 0.195. The zero-order valence-electron chi connectivity index (χ0n) is 11.8. The third-order valence-electron chi connectivity index (χ3n) is 3.32. The predicted octanol–water partition coefficient (Wildman–Crippen LogP) is 1.27. The first-order valence-electron chi connectivity index (χ1n) is 6.96. The van der Waals surface area contributed by atoms with Crippen LogP contribution in [0.1, 0.15) is 20.3 Å². The number of nitrogens with two attached hydrogens (primary N) is 1. The summed E-state index contributed by atoms with van der Waals surface area (Å²) in [5.41, 5.74) is 7.43. The third kappa shape index (κ3) is 2.53. The largest absolute Gasteiger partial charge is 0.382 e. The maximum absolute atomic E-state index is 5.98. The van der Waals surface area contributed by atoms with Crippen LogP contribution < -0.4 is 11.1 Å². The van der Waals surface area contributed by atoms with Crippen molar-refractivity contribution in [1.82, 2.24) is 19.5 Å². The molecular formula is C13H20N6O. The summed E-state index contributed by atoms with van der Waals surface area (Å²) in [5, 5.41) is 3.28. The van der Waals surface area contributed by atoms with Gasteiger partial charge in [-0.25, -0.2) is 4.98 Å². The number of hydrogen-bond acceptors (Lipinski definition) is 6. The Balaban J connectivity index is 1.93. The first-order valence-corrected chi connectivity index (χ1v) is 6.96. The highest BCUT2D eigenvalue weighted by molar-refractivity contribution is 5.82. The molecule has 1 fully saturated rings. The van der Waals surface area contributed by atoms with Crippen LogP contribution in [0, 0.1) is 5.92 Å². The van der Waals surface area contributed by atoms with E-state index < -0.39 is 0 Å². The van der Waals surface area contributed by atoms with Crippen molar-refractivity contribution in [2.75, 3.05) is 24.3 Å². The number of nitrogens with zero attached hydrogens (tertiary/aromatic N) is 4. The molecule has 3 rings (SSSR count). The normalized spacial score (nSPS) is 19.1. The minimum absolute atomic E-state index is 0.258. The van der Waals surface area contributed by atoms with Gasteiger partial charge in [0.2, 0.25) is 5.95 Å². The van der Waals surface area contributed by atoms with E-state index in [1.807, 2.05) is 4.57 Å². The van der Waals surface area contributed by atoms with Gasteiger partial charge in [0.15, 0.2) is 11.5 Å². The zero-order valence-corrected chi connectivity index (χ0v) is 11.8. The van der Waals surface area contributed by atoms with Crippen molar-refractivity contribution in [2.45, 2.75) is 32.9 Å². The molecule has 20 heavy (non-hydrogen) atoms. The third-order valence-corrected chi connectivity index (χ3v) is 3.32. The molecular weight excluding hydrogens is 256 g/mol. The molecule has 1 aliphatic heterocycles. The Bertz CT molecular complexity index is 602. The minimum atomic E-state index is 0.258. The molecule has 0 amide bonds. The van der Waals surface area contributed by atoms with Crippen LogP contribution in [0.2, 0.25) is 0 Å². The van der Waals surface area contributed by atoms with E-state index >= 15 is 0 Å². The number of hydrogen-bond donors (Lipinski definition) is 2. The average molecular weight is 276 g/mol. The summed E-state index contributed by atoms with van der Waals surface area (Å²) in [6.07, 6.45) is 2.74. The Labute approximate surface area is 117 Å². The van der Waals surface area contributed by atoms with E-state index in [0.29, 0.717) is 29.8 Å². The predicted molar refractivity (Wildman–Crippen MR) is 77.4 cm³/mol. The van der Waals surface area contributed by atoms with E-state index in [2.05, 4.69) is 34.1 Å². The van der Waals surface area contributed by atoms with Crippen LogP contribution in [0.25, 0.3) is 11.2 Å². The Hall–Kier alpha value is -1.89. The van der Waals surface area contributed by atoms with Gasteiger partial charge in [-0.15, -0.1) is 0 Å². The summed E-state index contributed by atoms with van der Waals surface area (Å²) in [7, 11) is 0. The molecule has 3 heterocycles. The van der Waals surface area contributed by atoms with Crippen LogP contribution in [-0.2, 0) is 11.3 Å². The standard InChI is InChI=1S/C13H20N6O/c1-8(2)5-19-7-15-10-11(14)17-13(18-12(10)19)16-9-3-4-20-6-9/h7-9H,3-6H2,1-2H3,(H3,14,16,17,18). The Morgan fingerprint density at radius 3 is 3.05 bits per heavy atom. The fraction of sp³-hybridized carbons (Fsp3) is 0.615. The van der Waals surface area contributed by atoms with Crippen molar-refractivity contribution in [1.29, 1.82) is 0 Å². The maximum Gasteiger partial charge on any atom is 0.227 e. The molecule has 7 nitrogen and oxygen atoms in total. The number of aromatic nitrogens is 4. The van der Waals surface area contributed by atoms with E-state index in [4.69, 9.17) is 10.5 Å². The molecule has 0 radical (unpaired) electrons. The fourth-order valence-electron chi connectivity index (χ4n) is 2.39. The van der Waals surface area contributed by atoms with Gasteiger partial charge in [-0.3, -0.25) is 0 Å². The van der Waals surface area contributed by atoms with Crippen LogP contribution >= 0.6 is 0 Å². The van der Waals surface area contributed by atoms with E-state index in [1.165, 1.54) is 0 Å². The zero-order chi connectivity index (χ0) is 14.1. The van der Waals surface area contributed by atoms with Gasteiger partial charge in [-0.1, -0.05) is 13.8 Å². The minimum Gasteiger partial charge on any atom is -0.382 e. The second-order valence-corrected chi connectivity index (χ2v) is 5.60. The Kier molecular flexibility index (Phi) is 3.43. The second kappa shape index (κ2) is 5.24. The molecule has 7 heteroatoms. The summed E-state index contributed by atoms with van der Waals surface area (Å²) < 4.78 is 7.36. The molecule has 2 aromatic rings. The number of ether oxygens (including phenoxy) is 1. The van der Waals surface area contributed by atoms with E-state index in [-0.39, 0.29) is 6.04 Å². The highest BCUT2D eigenvalue weighted by Crippen LogP contribution is 2.20. The van der Waals surface area contributed by atoms with Gasteiger partial charge in [0.1, 0.15) is 5.52 Å². The summed E-state index contributed by atoms with van der Waals surface area (Å²) in [6, 6.07) is 0.258. The average Bonchev–Trinajstić information content (AvgIpc) is 3.00. The molecule has 0 aliphatic carbocycles. The van der Waals surface area contributed by atoms with Crippen LogP contribution in [0.3, 0.4) is 0 Å². The Morgan fingerprint density at radius 2 is 2.35 bits per heavy atom. The lowest BCUT2D eigenvalue weighted by Gasteiger charge is -2.12. The number of nitrogen functional groups attached to an aromatic ring is 1. The van der Waals surface area contributed by atoms with Crippen LogP contribution in [0.4, 0.5) is 11.8 Å². The molecule has 108 valence electrons. The van der Waals surface area contributed by atoms with Crippen molar-refractivity contribution < 1.29 is 4.74 Å². The van der Waals surface area contributed by atoms with Crippen molar-refractivity contribution >= 4 is 22.9 Å². The van der Waals surface area contributed by atoms with E-state index in [0.717, 1.165) is 25.2 Å². The van der Waals surface area contributed by atoms with Crippen LogP contribution in [0.5, 0.6) is 0 Å². The molecule has 3 N–H and O–H groups in total. The van der Waals surface area contributed by atoms with Crippen molar-refractivity contribution in [3.63, 3.8) is 0 Å². The molecule has 0 aromatic carbocycles. The van der Waals surface area contributed by atoms with Crippen LogP contribution in [-0.4, -0.2) is 38.8 Å². The Morgan fingerprint density at radius 1 is 1.50 bits per heavy atom. The molecule has 2 aromatic heterocycles. The molecule has 1 aliphatic rings. The van der Waals surface area contributed by atoms with Gasteiger partial charge in [-0.2, -0.15) is 9.97 Å². The van der Waals surface area contributed by atoms with Crippen LogP contribution in [0.15, 0.2) is 6.33 Å². The maximum atomic E-state index is 5.98. The van der Waals surface area contributed by atoms with Crippen molar-refractivity contribution in [3.8, 4) is 0 Å². The molecule has 0 spiro atoms. The summed E-state index contributed by atoms with van der Waals surface area (Å²) in [5.74, 6) is 1.48. The molecule has 1 saturated heterocycles. The SMILES string of the molecule is CC(C)Cn1cnc2c(N)nc(NC3CCOC3)nc21. The molecule has 1 unspecified atom stereocenters. The van der Waals surface area contributed by atoms with Crippen molar-refractivity contribution in [2.24, 2.45) is 5.92 Å². The molecule has 0 bridgehead atoms. The highest BCUT2D eigenvalue weighted by Gasteiger charge is 2.18. The van der Waals surface area contributed by atoms with Crippen molar-refractivity contribution in [3.05, 3.63) is 6.33 Å². The smallest absolute Gasteiger partial charge is 0.227 e. The number of imidazole rings is 1. The number of nitrogens with one attached hydrogen (secondary N) is 1. The molecule has 1 atom stereocenters. The van der Waals surface area contributed by atoms with Gasteiger partial charge < -0.3 is 20.4 Å². The quantitative estimate of drug-likeness (QED) is 0.873. The highest BCUT2D eigenvalue weighted by atomic mass is 16.5. The number of rotatable bonds is 4. The van der Waals surface area contributed by atoms with Gasteiger partial charge in [0.25, 0.3) is 0 Å². The second-order valence-electron chi connectivity index (χ2n) is 5.60. The van der Waals surface area contributed by atoms with E-state index in [9.17, 15) is 0 Å². The summed E-state index contributed by atoms with van der Waals surface area (Å²) in [6.45, 7) is 6.64. The van der Waals surface area contributed by atoms with Gasteiger partial charge in [-0.05, 0) is 12.3 Å². The molecule has 0 saturated carbocycles. The van der Waals surface area contributed by atoms with Gasteiger partial charge in [0, 0.05) is 13.2 Å². The fourth-order valence-corrected chi connectivity index (χ4v) is 2.39. The topological polar surface area (TPSA) is 90.9 Å². The van der Waals surface area contributed by atoms with E-state index in [1.54, 1.807) is 6.33 Å². The first kappa shape index (κ1) is 13.1. The number of fused-ring (bicyclic) bond motifs is 1. The lowest BCUT2D eigenvalue weighted by Crippen LogP contribution is -2.21. The monoisotopic (exact) mass is 276 g/mol.